The van der Waals surface area contributed by atoms with Crippen LogP contribution < -0.4 is 0 Å². The molecular weight excluding hydrogens is 453 g/mol. The van der Waals surface area contributed by atoms with Gasteiger partial charge in [0.25, 0.3) is 0 Å². The molecule has 4 rings (SSSR count). The smallest absolute Gasteiger partial charge is 0.166 e. The maximum atomic E-state index is 15.1. The maximum absolute atomic E-state index is 15.1. The van der Waals surface area contributed by atoms with Crippen LogP contribution in [0.2, 0.25) is 0 Å². The second kappa shape index (κ2) is 12.3. The van der Waals surface area contributed by atoms with Gasteiger partial charge in [-0.1, -0.05) is 92.9 Å². The normalized spacial score (nSPS) is 15.9. The number of allylic oxidation sites excluding steroid dienone is 4. The van der Waals surface area contributed by atoms with Gasteiger partial charge in [-0.3, -0.25) is 0 Å². The molecule has 3 aromatic rings. The van der Waals surface area contributed by atoms with Crippen molar-refractivity contribution in [1.82, 2.24) is 0 Å². The Bertz CT molecular complexity index is 1230. The van der Waals surface area contributed by atoms with Crippen molar-refractivity contribution in [3.05, 3.63) is 101 Å². The molecule has 188 valence electrons. The highest BCUT2D eigenvalue weighted by Gasteiger charge is 2.18. The number of hydrogen-bond donors (Lipinski definition) is 0. The lowest BCUT2D eigenvalue weighted by Gasteiger charge is -2.22. The van der Waals surface area contributed by atoms with Gasteiger partial charge in [0.15, 0.2) is 11.6 Å². The molecule has 3 aromatic carbocycles. The number of rotatable bonds is 9. The van der Waals surface area contributed by atoms with E-state index in [9.17, 15) is 8.78 Å². The Morgan fingerprint density at radius 3 is 2.25 bits per heavy atom. The molecule has 0 heterocycles. The zero-order chi connectivity index (χ0) is 25.5. The first-order chi connectivity index (χ1) is 17.5. The fourth-order valence-corrected chi connectivity index (χ4v) is 5.10. The average Bonchev–Trinajstić information content (AvgIpc) is 2.90. The van der Waals surface area contributed by atoms with Crippen LogP contribution in [0, 0.1) is 23.4 Å². The van der Waals surface area contributed by atoms with Crippen LogP contribution in [0.3, 0.4) is 0 Å². The van der Waals surface area contributed by atoms with E-state index < -0.39 is 11.6 Å². The summed E-state index contributed by atoms with van der Waals surface area (Å²) in [5.41, 5.74) is 4.61. The third-order valence-electron chi connectivity index (χ3n) is 7.31. The van der Waals surface area contributed by atoms with Gasteiger partial charge in [0.1, 0.15) is 5.82 Å². The second-order valence-electron chi connectivity index (χ2n) is 9.79. The highest BCUT2D eigenvalue weighted by Crippen LogP contribution is 2.35. The number of halogens is 3. The summed E-state index contributed by atoms with van der Waals surface area (Å²) < 4.78 is 44.5. The van der Waals surface area contributed by atoms with Crippen LogP contribution in [0.1, 0.15) is 69.9 Å². The van der Waals surface area contributed by atoms with E-state index in [0.717, 1.165) is 41.9 Å². The third kappa shape index (κ3) is 6.00. The first kappa shape index (κ1) is 26.0. The van der Waals surface area contributed by atoms with Gasteiger partial charge < -0.3 is 0 Å². The van der Waals surface area contributed by atoms with Crippen LogP contribution in [0.25, 0.3) is 27.8 Å². The molecule has 0 saturated carbocycles. The molecular formula is C33H35F3. The molecule has 0 saturated heterocycles. The minimum absolute atomic E-state index is 0.212. The molecule has 0 spiro atoms. The highest BCUT2D eigenvalue weighted by molar-refractivity contribution is 5.74. The van der Waals surface area contributed by atoms with Crippen LogP contribution in [0.5, 0.6) is 0 Å². The van der Waals surface area contributed by atoms with Crippen molar-refractivity contribution >= 4 is 5.57 Å². The molecule has 1 unspecified atom stereocenters. The Balaban J connectivity index is 1.49. The Morgan fingerprint density at radius 1 is 0.861 bits per heavy atom. The van der Waals surface area contributed by atoms with Gasteiger partial charge in [-0.25, -0.2) is 13.2 Å². The van der Waals surface area contributed by atoms with Crippen LogP contribution in [0.4, 0.5) is 13.2 Å². The van der Waals surface area contributed by atoms with Gasteiger partial charge in [-0.2, -0.15) is 0 Å². The van der Waals surface area contributed by atoms with Crippen molar-refractivity contribution in [3.63, 3.8) is 0 Å². The van der Waals surface area contributed by atoms with Gasteiger partial charge in [0.05, 0.1) is 0 Å². The Labute approximate surface area is 213 Å². The van der Waals surface area contributed by atoms with Crippen molar-refractivity contribution in [3.8, 4) is 22.3 Å². The molecule has 0 nitrogen and oxygen atoms in total. The summed E-state index contributed by atoms with van der Waals surface area (Å²) >= 11 is 0. The number of unbranched alkanes of at least 4 members (excludes halogenated alkanes) is 1. The summed E-state index contributed by atoms with van der Waals surface area (Å²) in [6.07, 6.45) is 14.0. The molecule has 1 aliphatic rings. The second-order valence-corrected chi connectivity index (χ2v) is 9.79. The lowest BCUT2D eigenvalue weighted by molar-refractivity contribution is 0.433. The van der Waals surface area contributed by atoms with Crippen molar-refractivity contribution in [2.45, 2.75) is 65.2 Å². The van der Waals surface area contributed by atoms with Crippen LogP contribution in [-0.4, -0.2) is 0 Å². The van der Waals surface area contributed by atoms with Gasteiger partial charge in [0.2, 0.25) is 0 Å². The summed E-state index contributed by atoms with van der Waals surface area (Å²) in [5.74, 6) is -1.10. The monoisotopic (exact) mass is 488 g/mol. The zero-order valence-electron chi connectivity index (χ0n) is 21.3. The molecule has 0 aliphatic heterocycles. The van der Waals surface area contributed by atoms with E-state index in [1.165, 1.54) is 19.3 Å². The zero-order valence-corrected chi connectivity index (χ0v) is 21.3. The van der Waals surface area contributed by atoms with Crippen molar-refractivity contribution in [1.29, 1.82) is 0 Å². The van der Waals surface area contributed by atoms with E-state index in [1.54, 1.807) is 30.3 Å². The van der Waals surface area contributed by atoms with E-state index in [-0.39, 0.29) is 11.4 Å². The largest absolute Gasteiger partial charge is 0.206 e. The van der Waals surface area contributed by atoms with E-state index in [1.807, 2.05) is 43.3 Å². The third-order valence-corrected chi connectivity index (χ3v) is 7.31. The molecule has 0 aromatic heterocycles. The van der Waals surface area contributed by atoms with Crippen molar-refractivity contribution < 1.29 is 13.2 Å². The summed E-state index contributed by atoms with van der Waals surface area (Å²) in [5, 5.41) is 0. The molecule has 3 heteroatoms. The van der Waals surface area contributed by atoms with Crippen LogP contribution in [-0.2, 0) is 6.42 Å². The lowest BCUT2D eigenvalue weighted by atomic mass is 9.83. The number of benzene rings is 3. The van der Waals surface area contributed by atoms with E-state index in [4.69, 9.17) is 0 Å². The molecule has 0 bridgehead atoms. The molecule has 36 heavy (non-hydrogen) atoms. The van der Waals surface area contributed by atoms with Gasteiger partial charge >= 0.3 is 0 Å². The SMILES string of the molecule is CC=CCCc1ccc(-c2ccc(-c3ccc(C4=CCC(CCCC)CC4)c(F)c3)cc2)c(F)c1F. The number of hydrogen-bond acceptors (Lipinski definition) is 0. The minimum Gasteiger partial charge on any atom is -0.206 e. The van der Waals surface area contributed by atoms with Gasteiger partial charge in [-0.05, 0) is 78.8 Å². The van der Waals surface area contributed by atoms with E-state index in [2.05, 4.69) is 13.0 Å². The molecule has 0 radical (unpaired) electrons. The maximum Gasteiger partial charge on any atom is 0.166 e. The Morgan fingerprint density at radius 2 is 1.58 bits per heavy atom. The Hall–Kier alpha value is -3.07. The summed E-state index contributed by atoms with van der Waals surface area (Å²) in [7, 11) is 0. The summed E-state index contributed by atoms with van der Waals surface area (Å²) in [6.45, 7) is 4.13. The lowest BCUT2D eigenvalue weighted by Crippen LogP contribution is -2.06. The van der Waals surface area contributed by atoms with Gasteiger partial charge in [-0.15, -0.1) is 0 Å². The van der Waals surface area contributed by atoms with E-state index in [0.29, 0.717) is 29.5 Å². The van der Waals surface area contributed by atoms with Crippen molar-refractivity contribution in [2.24, 2.45) is 5.92 Å². The quantitative estimate of drug-likeness (QED) is 0.263. The number of aryl methyl sites for hydroxylation is 1. The summed E-state index contributed by atoms with van der Waals surface area (Å²) in [6, 6.07) is 15.9. The molecule has 0 fully saturated rings. The predicted molar refractivity (Wildman–Crippen MR) is 145 cm³/mol. The fourth-order valence-electron chi connectivity index (χ4n) is 5.10. The fraction of sp³-hybridized carbons (Fsp3) is 0.333. The molecule has 0 amide bonds. The molecule has 1 aliphatic carbocycles. The Kier molecular flexibility index (Phi) is 8.85. The minimum atomic E-state index is -0.825. The van der Waals surface area contributed by atoms with Crippen LogP contribution in [0.15, 0.2) is 72.8 Å². The topological polar surface area (TPSA) is 0 Å². The standard InChI is InChI=1S/C33H35F3/c1-3-5-7-9-27-18-21-30(33(36)32(27)35)26-16-14-24(15-17-26)28-19-20-29(31(34)22-28)25-12-10-23(11-13-25)8-6-4-2/h3,5,12,14-23H,4,6-11,13H2,1-2H3. The van der Waals surface area contributed by atoms with Gasteiger partial charge in [0, 0.05) is 11.1 Å². The highest BCUT2D eigenvalue weighted by atomic mass is 19.2. The molecule has 0 N–H and O–H groups in total. The van der Waals surface area contributed by atoms with Crippen LogP contribution >= 0.6 is 0 Å². The predicted octanol–water partition coefficient (Wildman–Crippen LogP) is 10.3. The summed E-state index contributed by atoms with van der Waals surface area (Å²) in [4.78, 5) is 0. The first-order valence-corrected chi connectivity index (χ1v) is 13.2. The molecule has 1 atom stereocenters. The van der Waals surface area contributed by atoms with Crippen molar-refractivity contribution in [2.75, 3.05) is 0 Å². The first-order valence-electron chi connectivity index (χ1n) is 13.2. The average molecular weight is 489 g/mol. The van der Waals surface area contributed by atoms with E-state index >= 15 is 4.39 Å².